The number of para-hydroxylation sites is 1. The van der Waals surface area contributed by atoms with Crippen molar-refractivity contribution in [3.63, 3.8) is 0 Å². The lowest BCUT2D eigenvalue weighted by atomic mass is 10.1. The lowest BCUT2D eigenvalue weighted by Crippen LogP contribution is -2.20. The summed E-state index contributed by atoms with van der Waals surface area (Å²) >= 11 is 1.64. The van der Waals surface area contributed by atoms with E-state index in [2.05, 4.69) is 21.4 Å². The van der Waals surface area contributed by atoms with E-state index >= 15 is 0 Å². The topological polar surface area (TPSA) is 54.9 Å². The van der Waals surface area contributed by atoms with Crippen LogP contribution in [0.4, 0.5) is 5.82 Å². The van der Waals surface area contributed by atoms with Gasteiger partial charge in [0.2, 0.25) is 5.91 Å². The van der Waals surface area contributed by atoms with E-state index in [-0.39, 0.29) is 11.8 Å². The van der Waals surface area contributed by atoms with Gasteiger partial charge in [-0.3, -0.25) is 4.79 Å². The molecule has 0 aliphatic heterocycles. The van der Waals surface area contributed by atoms with Crippen LogP contribution in [0.5, 0.6) is 0 Å². The number of rotatable bonds is 4. The van der Waals surface area contributed by atoms with Crippen molar-refractivity contribution < 1.29 is 4.79 Å². The Balaban J connectivity index is 1.80. The molecule has 5 heteroatoms. The molecule has 3 aromatic rings. The minimum atomic E-state index is -0.00858. The van der Waals surface area contributed by atoms with Gasteiger partial charge in [0.05, 0.1) is 10.2 Å². The molecular formula is C17H17N3OS. The normalized spacial score (nSPS) is 12.3. The molecule has 2 aromatic heterocycles. The second-order valence-corrected chi connectivity index (χ2v) is 6.25. The minimum absolute atomic E-state index is 0.00253. The molecule has 22 heavy (non-hydrogen) atoms. The zero-order valence-corrected chi connectivity index (χ0v) is 13.4. The summed E-state index contributed by atoms with van der Waals surface area (Å²) in [5.41, 5.74) is 1.96. The van der Waals surface area contributed by atoms with Gasteiger partial charge in [-0.05, 0) is 30.7 Å². The van der Waals surface area contributed by atoms with Crippen LogP contribution in [0.25, 0.3) is 20.8 Å². The number of pyridine rings is 1. The molecule has 112 valence electrons. The number of amides is 1. The van der Waals surface area contributed by atoms with Crippen LogP contribution in [0, 0.1) is 5.92 Å². The zero-order valence-electron chi connectivity index (χ0n) is 12.5. The smallest absolute Gasteiger partial charge is 0.228 e. The molecule has 4 nitrogen and oxygen atoms in total. The third-order valence-electron chi connectivity index (χ3n) is 3.62. The molecule has 0 spiro atoms. The number of fused-ring (bicyclic) bond motifs is 1. The SMILES string of the molecule is CCC(C)C(=O)Nc1ccc(-c2nc3ccccc3s2)cn1. The van der Waals surface area contributed by atoms with Crippen molar-refractivity contribution in [3.8, 4) is 10.6 Å². The maximum absolute atomic E-state index is 11.9. The molecule has 0 radical (unpaired) electrons. The second-order valence-electron chi connectivity index (χ2n) is 5.22. The first kappa shape index (κ1) is 14.7. The van der Waals surface area contributed by atoms with Crippen molar-refractivity contribution in [3.05, 3.63) is 42.6 Å². The van der Waals surface area contributed by atoms with Gasteiger partial charge in [0.25, 0.3) is 0 Å². The molecule has 1 amide bonds. The molecule has 0 aliphatic carbocycles. The molecule has 1 aromatic carbocycles. The molecule has 0 fully saturated rings. The summed E-state index contributed by atoms with van der Waals surface area (Å²) in [6.07, 6.45) is 2.57. The molecule has 1 atom stereocenters. The van der Waals surface area contributed by atoms with Crippen molar-refractivity contribution >= 4 is 33.3 Å². The van der Waals surface area contributed by atoms with Gasteiger partial charge >= 0.3 is 0 Å². The van der Waals surface area contributed by atoms with E-state index in [4.69, 9.17) is 0 Å². The fourth-order valence-electron chi connectivity index (χ4n) is 2.02. The first-order chi connectivity index (χ1) is 10.7. The molecule has 3 rings (SSSR count). The average Bonchev–Trinajstić information content (AvgIpc) is 2.98. The standard InChI is InChI=1S/C17H17N3OS/c1-3-11(2)16(21)20-15-9-8-12(10-18-15)17-19-13-6-4-5-7-14(13)22-17/h4-11H,3H2,1-2H3,(H,18,20,21). The Kier molecular flexibility index (Phi) is 4.15. The monoisotopic (exact) mass is 311 g/mol. The number of anilines is 1. The number of nitrogens with zero attached hydrogens (tertiary/aromatic N) is 2. The van der Waals surface area contributed by atoms with Crippen LogP contribution in [-0.4, -0.2) is 15.9 Å². The summed E-state index contributed by atoms with van der Waals surface area (Å²) in [5, 5.41) is 3.77. The lowest BCUT2D eigenvalue weighted by Gasteiger charge is -2.09. The predicted octanol–water partition coefficient (Wildman–Crippen LogP) is 4.34. The number of nitrogens with one attached hydrogen (secondary N) is 1. The number of hydrogen-bond acceptors (Lipinski definition) is 4. The van der Waals surface area contributed by atoms with Crippen molar-refractivity contribution in [1.29, 1.82) is 0 Å². The Labute approximate surface area is 133 Å². The third kappa shape index (κ3) is 2.99. The van der Waals surface area contributed by atoms with E-state index < -0.39 is 0 Å². The molecule has 2 heterocycles. The van der Waals surface area contributed by atoms with Crippen LogP contribution in [-0.2, 0) is 4.79 Å². The van der Waals surface area contributed by atoms with E-state index in [0.717, 1.165) is 27.2 Å². The number of aromatic nitrogens is 2. The molecule has 0 aliphatic rings. The van der Waals surface area contributed by atoms with E-state index in [1.54, 1.807) is 17.5 Å². The Morgan fingerprint density at radius 2 is 2.09 bits per heavy atom. The minimum Gasteiger partial charge on any atom is -0.310 e. The summed E-state index contributed by atoms with van der Waals surface area (Å²) in [5.74, 6) is 0.573. The lowest BCUT2D eigenvalue weighted by molar-refractivity contribution is -0.119. The maximum atomic E-state index is 11.9. The third-order valence-corrected chi connectivity index (χ3v) is 4.70. The zero-order chi connectivity index (χ0) is 15.5. The Bertz CT molecular complexity index is 762. The highest BCUT2D eigenvalue weighted by Gasteiger charge is 2.11. The first-order valence-corrected chi connectivity index (χ1v) is 8.12. The molecule has 0 saturated heterocycles. The van der Waals surface area contributed by atoms with Crippen LogP contribution in [0.2, 0.25) is 0 Å². The van der Waals surface area contributed by atoms with Gasteiger partial charge in [-0.15, -0.1) is 11.3 Å². The fraction of sp³-hybridized carbons (Fsp3) is 0.235. The average molecular weight is 311 g/mol. The Morgan fingerprint density at radius 1 is 1.27 bits per heavy atom. The van der Waals surface area contributed by atoms with Crippen LogP contribution in [0.15, 0.2) is 42.6 Å². The van der Waals surface area contributed by atoms with Gasteiger partial charge < -0.3 is 5.32 Å². The van der Waals surface area contributed by atoms with Gasteiger partial charge in [0.15, 0.2) is 0 Å². The maximum Gasteiger partial charge on any atom is 0.228 e. The van der Waals surface area contributed by atoms with E-state index in [1.807, 2.05) is 44.2 Å². The molecular weight excluding hydrogens is 294 g/mol. The molecule has 0 bridgehead atoms. The molecule has 1 unspecified atom stereocenters. The summed E-state index contributed by atoms with van der Waals surface area (Å²) in [4.78, 5) is 20.8. The summed E-state index contributed by atoms with van der Waals surface area (Å²) in [6, 6.07) is 11.8. The van der Waals surface area contributed by atoms with Crippen molar-refractivity contribution in [2.24, 2.45) is 5.92 Å². The first-order valence-electron chi connectivity index (χ1n) is 7.30. The highest BCUT2D eigenvalue weighted by atomic mass is 32.1. The van der Waals surface area contributed by atoms with Crippen LogP contribution < -0.4 is 5.32 Å². The largest absolute Gasteiger partial charge is 0.310 e. The van der Waals surface area contributed by atoms with E-state index in [9.17, 15) is 4.79 Å². The quantitative estimate of drug-likeness (QED) is 0.779. The van der Waals surface area contributed by atoms with Crippen molar-refractivity contribution in [2.75, 3.05) is 5.32 Å². The summed E-state index contributed by atoms with van der Waals surface area (Å²) in [6.45, 7) is 3.90. The number of hydrogen-bond donors (Lipinski definition) is 1. The van der Waals surface area contributed by atoms with Crippen LogP contribution in [0.1, 0.15) is 20.3 Å². The predicted molar refractivity (Wildman–Crippen MR) is 90.9 cm³/mol. The summed E-state index contributed by atoms with van der Waals surface area (Å²) < 4.78 is 1.16. The molecule has 0 saturated carbocycles. The van der Waals surface area contributed by atoms with Crippen molar-refractivity contribution in [2.45, 2.75) is 20.3 Å². The van der Waals surface area contributed by atoms with Gasteiger partial charge in [-0.1, -0.05) is 26.0 Å². The van der Waals surface area contributed by atoms with Gasteiger partial charge in [0.1, 0.15) is 10.8 Å². The van der Waals surface area contributed by atoms with Crippen LogP contribution >= 0.6 is 11.3 Å². The second kappa shape index (κ2) is 6.23. The van der Waals surface area contributed by atoms with E-state index in [0.29, 0.717) is 5.82 Å². The number of benzene rings is 1. The fourth-order valence-corrected chi connectivity index (χ4v) is 2.98. The Hall–Kier alpha value is -2.27. The summed E-state index contributed by atoms with van der Waals surface area (Å²) in [7, 11) is 0. The van der Waals surface area contributed by atoms with Gasteiger partial charge in [-0.25, -0.2) is 9.97 Å². The van der Waals surface area contributed by atoms with Crippen molar-refractivity contribution in [1.82, 2.24) is 9.97 Å². The highest BCUT2D eigenvalue weighted by Crippen LogP contribution is 2.29. The number of thiazole rings is 1. The van der Waals surface area contributed by atoms with Gasteiger partial charge in [-0.2, -0.15) is 0 Å². The number of carbonyl (C=O) groups is 1. The Morgan fingerprint density at radius 3 is 2.77 bits per heavy atom. The highest BCUT2D eigenvalue weighted by molar-refractivity contribution is 7.21. The van der Waals surface area contributed by atoms with Crippen LogP contribution in [0.3, 0.4) is 0 Å². The molecule has 1 N–H and O–H groups in total. The van der Waals surface area contributed by atoms with Gasteiger partial charge in [0, 0.05) is 17.7 Å². The number of carbonyl (C=O) groups excluding carboxylic acids is 1. The van der Waals surface area contributed by atoms with E-state index in [1.165, 1.54) is 0 Å².